The Balaban J connectivity index is 2.57. The summed E-state index contributed by atoms with van der Waals surface area (Å²) in [7, 11) is 0. The van der Waals surface area contributed by atoms with E-state index in [2.05, 4.69) is 10.4 Å². The Morgan fingerprint density at radius 3 is 2.81 bits per heavy atom. The Morgan fingerprint density at radius 1 is 1.44 bits per heavy atom. The normalized spacial score (nSPS) is 11.0. The number of aliphatic hydroxyl groups excluding tert-OH is 1. The number of nitrogens with one attached hydrogen (secondary N) is 1. The van der Waals surface area contributed by atoms with E-state index in [0.29, 0.717) is 26.1 Å². The average Bonchev–Trinajstić information content (AvgIpc) is 2.52. The molecule has 2 N–H and O–H groups in total. The van der Waals surface area contributed by atoms with Crippen molar-refractivity contribution < 1.29 is 9.50 Å². The van der Waals surface area contributed by atoms with Crippen LogP contribution >= 0.6 is 0 Å². The molecule has 0 aliphatic rings. The Bertz CT molecular complexity index is 325. The average molecular weight is 229 g/mol. The van der Waals surface area contributed by atoms with Crippen molar-refractivity contribution in [2.24, 2.45) is 0 Å². The molecule has 1 aromatic rings. The molecule has 0 radical (unpaired) electrons. The van der Waals surface area contributed by atoms with Gasteiger partial charge in [-0.3, -0.25) is 9.07 Å². The fourth-order valence-electron chi connectivity index (χ4n) is 1.71. The second kappa shape index (κ2) is 6.60. The van der Waals surface area contributed by atoms with Crippen LogP contribution < -0.4 is 5.32 Å². The lowest BCUT2D eigenvalue weighted by molar-refractivity contribution is 0.267. The molecule has 1 rings (SSSR count). The molecule has 0 saturated carbocycles. The second-order valence-corrected chi connectivity index (χ2v) is 3.82. The minimum atomic E-state index is -0.283. The van der Waals surface area contributed by atoms with Gasteiger partial charge in [0.2, 0.25) is 0 Å². The maximum Gasteiger partial charge on any atom is 0.0906 e. The molecule has 0 atom stereocenters. The maximum absolute atomic E-state index is 11.9. The summed E-state index contributed by atoms with van der Waals surface area (Å²) in [4.78, 5) is 0. The number of rotatable bonds is 7. The van der Waals surface area contributed by atoms with E-state index < -0.39 is 0 Å². The highest BCUT2D eigenvalue weighted by Gasteiger charge is 2.10. The molecule has 4 nitrogen and oxygen atoms in total. The van der Waals surface area contributed by atoms with Crippen LogP contribution in [0.4, 0.5) is 4.39 Å². The zero-order valence-electron chi connectivity index (χ0n) is 9.96. The highest BCUT2D eigenvalue weighted by Crippen LogP contribution is 2.12. The first-order chi connectivity index (χ1) is 7.70. The van der Waals surface area contributed by atoms with Gasteiger partial charge in [-0.15, -0.1) is 0 Å². The Kier molecular flexibility index (Phi) is 5.42. The third-order valence-electron chi connectivity index (χ3n) is 2.63. The van der Waals surface area contributed by atoms with Gasteiger partial charge in [0.1, 0.15) is 0 Å². The lowest BCUT2D eigenvalue weighted by atomic mass is 10.2. The minimum Gasteiger partial charge on any atom is -0.394 e. The Labute approximate surface area is 95.5 Å². The summed E-state index contributed by atoms with van der Waals surface area (Å²) in [5.74, 6) is 0. The van der Waals surface area contributed by atoms with E-state index in [9.17, 15) is 4.39 Å². The number of hydrogen-bond donors (Lipinski definition) is 2. The molecule has 1 heterocycles. The van der Waals surface area contributed by atoms with Crippen molar-refractivity contribution in [2.75, 3.05) is 19.8 Å². The molecule has 0 fully saturated rings. The van der Waals surface area contributed by atoms with Crippen LogP contribution in [-0.2, 0) is 13.1 Å². The monoisotopic (exact) mass is 229 g/mol. The van der Waals surface area contributed by atoms with Crippen LogP contribution in [0.5, 0.6) is 0 Å². The molecular weight excluding hydrogens is 209 g/mol. The molecule has 0 spiro atoms. The molecular formula is C11H20FN3O. The van der Waals surface area contributed by atoms with E-state index >= 15 is 0 Å². The third-order valence-corrected chi connectivity index (χ3v) is 2.63. The van der Waals surface area contributed by atoms with Crippen LogP contribution in [0, 0.1) is 13.8 Å². The van der Waals surface area contributed by atoms with E-state index in [1.807, 2.05) is 18.5 Å². The molecule has 0 amide bonds. The number of aryl methyl sites for hydroxylation is 1. The van der Waals surface area contributed by atoms with Gasteiger partial charge in [0.05, 0.1) is 25.5 Å². The third kappa shape index (κ3) is 3.28. The molecule has 0 unspecified atom stereocenters. The highest BCUT2D eigenvalue weighted by molar-refractivity contribution is 5.24. The quantitative estimate of drug-likeness (QED) is 0.684. The van der Waals surface area contributed by atoms with Crippen LogP contribution in [-0.4, -0.2) is 34.7 Å². The van der Waals surface area contributed by atoms with E-state index in [4.69, 9.17) is 5.11 Å². The standard InChI is InChI=1S/C11H20FN3O/c1-9-11(8-13-5-3-4-12)10(2)15(14-9)6-7-16/h13,16H,3-8H2,1-2H3. The summed E-state index contributed by atoms with van der Waals surface area (Å²) in [6, 6.07) is 0. The van der Waals surface area contributed by atoms with Gasteiger partial charge in [-0.1, -0.05) is 0 Å². The van der Waals surface area contributed by atoms with Gasteiger partial charge in [0.25, 0.3) is 0 Å². The van der Waals surface area contributed by atoms with Gasteiger partial charge in [-0.25, -0.2) is 0 Å². The smallest absolute Gasteiger partial charge is 0.0906 e. The van der Waals surface area contributed by atoms with Crippen molar-refractivity contribution in [2.45, 2.75) is 33.4 Å². The zero-order chi connectivity index (χ0) is 12.0. The summed E-state index contributed by atoms with van der Waals surface area (Å²) in [6.07, 6.45) is 0.545. The van der Waals surface area contributed by atoms with Crippen molar-refractivity contribution in [1.29, 1.82) is 0 Å². The van der Waals surface area contributed by atoms with Crippen molar-refractivity contribution >= 4 is 0 Å². The molecule has 0 aromatic carbocycles. The fourth-order valence-corrected chi connectivity index (χ4v) is 1.71. The van der Waals surface area contributed by atoms with Gasteiger partial charge < -0.3 is 10.4 Å². The molecule has 92 valence electrons. The predicted octanol–water partition coefficient (Wildman–Crippen LogP) is 0.941. The lowest BCUT2D eigenvalue weighted by Gasteiger charge is -2.05. The highest BCUT2D eigenvalue weighted by atomic mass is 19.1. The van der Waals surface area contributed by atoms with Crippen molar-refractivity contribution in [3.05, 3.63) is 17.0 Å². The minimum absolute atomic E-state index is 0.0939. The number of alkyl halides is 1. The van der Waals surface area contributed by atoms with E-state index in [-0.39, 0.29) is 13.3 Å². The SMILES string of the molecule is Cc1nn(CCO)c(C)c1CNCCCF. The van der Waals surface area contributed by atoms with Crippen molar-refractivity contribution in [3.8, 4) is 0 Å². The molecule has 0 bridgehead atoms. The number of hydrogen-bond acceptors (Lipinski definition) is 3. The number of halogens is 1. The molecule has 0 aliphatic heterocycles. The molecule has 16 heavy (non-hydrogen) atoms. The summed E-state index contributed by atoms with van der Waals surface area (Å²) in [5, 5.41) is 16.4. The Morgan fingerprint density at radius 2 is 2.19 bits per heavy atom. The number of aromatic nitrogens is 2. The summed E-state index contributed by atoms with van der Waals surface area (Å²) in [5.41, 5.74) is 3.19. The largest absolute Gasteiger partial charge is 0.394 e. The van der Waals surface area contributed by atoms with Gasteiger partial charge in [0.15, 0.2) is 0 Å². The first kappa shape index (κ1) is 13.1. The summed E-state index contributed by atoms with van der Waals surface area (Å²) >= 11 is 0. The second-order valence-electron chi connectivity index (χ2n) is 3.82. The van der Waals surface area contributed by atoms with E-state index in [0.717, 1.165) is 17.0 Å². The molecule has 0 aliphatic carbocycles. The van der Waals surface area contributed by atoms with Crippen LogP contribution in [0.2, 0.25) is 0 Å². The van der Waals surface area contributed by atoms with Crippen LogP contribution in [0.15, 0.2) is 0 Å². The van der Waals surface area contributed by atoms with E-state index in [1.165, 1.54) is 0 Å². The van der Waals surface area contributed by atoms with Crippen molar-refractivity contribution in [1.82, 2.24) is 15.1 Å². The lowest BCUT2D eigenvalue weighted by Crippen LogP contribution is -2.16. The molecule has 0 saturated heterocycles. The van der Waals surface area contributed by atoms with Crippen LogP contribution in [0.25, 0.3) is 0 Å². The summed E-state index contributed by atoms with van der Waals surface area (Å²) in [6.45, 7) is 5.67. The summed E-state index contributed by atoms with van der Waals surface area (Å²) < 4.78 is 13.7. The number of aliphatic hydroxyl groups is 1. The molecule has 5 heteroatoms. The van der Waals surface area contributed by atoms with Gasteiger partial charge >= 0.3 is 0 Å². The van der Waals surface area contributed by atoms with Crippen molar-refractivity contribution in [3.63, 3.8) is 0 Å². The van der Waals surface area contributed by atoms with Gasteiger partial charge in [0, 0.05) is 17.8 Å². The fraction of sp³-hybridized carbons (Fsp3) is 0.727. The van der Waals surface area contributed by atoms with Gasteiger partial charge in [-0.05, 0) is 26.8 Å². The number of nitrogens with zero attached hydrogens (tertiary/aromatic N) is 2. The van der Waals surface area contributed by atoms with Crippen LogP contribution in [0.3, 0.4) is 0 Å². The maximum atomic E-state index is 11.9. The predicted molar refractivity (Wildman–Crippen MR) is 61.1 cm³/mol. The topological polar surface area (TPSA) is 50.1 Å². The molecule has 1 aromatic heterocycles. The Hall–Kier alpha value is -0.940. The first-order valence-electron chi connectivity index (χ1n) is 5.61. The first-order valence-corrected chi connectivity index (χ1v) is 5.61. The van der Waals surface area contributed by atoms with E-state index in [1.54, 1.807) is 0 Å². The zero-order valence-corrected chi connectivity index (χ0v) is 9.96. The van der Waals surface area contributed by atoms with Gasteiger partial charge in [-0.2, -0.15) is 5.10 Å². The van der Waals surface area contributed by atoms with Crippen LogP contribution in [0.1, 0.15) is 23.4 Å².